The molecule has 4 heteroatoms. The minimum absolute atomic E-state index is 0.0322. The van der Waals surface area contributed by atoms with Crippen LogP contribution in [-0.2, 0) is 12.4 Å². The molecule has 0 radical (unpaired) electrons. The lowest BCUT2D eigenvalue weighted by atomic mass is 10.1. The van der Waals surface area contributed by atoms with Crippen LogP contribution in [0.2, 0.25) is 0 Å². The highest BCUT2D eigenvalue weighted by atomic mass is 35.5. The Labute approximate surface area is 131 Å². The maximum absolute atomic E-state index is 12.5. The predicted octanol–water partition coefficient (Wildman–Crippen LogP) is 4.50. The molecule has 0 saturated heterocycles. The molecule has 0 unspecified atom stereocenters. The van der Waals surface area contributed by atoms with Gasteiger partial charge < -0.3 is 0 Å². The number of alkyl halides is 1. The minimum Gasteiger partial charge on any atom is -0.295 e. The lowest BCUT2D eigenvalue weighted by Crippen LogP contribution is -2.25. The Morgan fingerprint density at radius 2 is 1.81 bits per heavy atom. The third-order valence-electron chi connectivity index (χ3n) is 3.80. The first kappa shape index (κ1) is 16.0. The summed E-state index contributed by atoms with van der Waals surface area (Å²) < 4.78 is 1.75. The number of hydrogen-bond donors (Lipinski definition) is 0. The van der Waals surface area contributed by atoms with Crippen molar-refractivity contribution in [2.75, 3.05) is 0 Å². The molecule has 0 aliphatic carbocycles. The number of benzene rings is 1. The standard InChI is InChI=1S/C17H23ClN2O/c1-2-3-4-5-6-9-12-20-16(13-18)19-15-11-8-7-10-14(15)17(20)21/h7-8,10-11H,2-6,9,12-13H2,1H3. The Morgan fingerprint density at radius 3 is 2.57 bits per heavy atom. The number of nitrogens with zero attached hydrogens (tertiary/aromatic N) is 2. The highest BCUT2D eigenvalue weighted by Gasteiger charge is 2.09. The molecular formula is C17H23ClN2O. The van der Waals surface area contributed by atoms with Gasteiger partial charge in [-0.25, -0.2) is 4.98 Å². The first-order chi connectivity index (χ1) is 10.3. The Kier molecular flexibility index (Phi) is 6.24. The van der Waals surface area contributed by atoms with Crippen LogP contribution < -0.4 is 5.56 Å². The van der Waals surface area contributed by atoms with Gasteiger partial charge in [0.05, 0.1) is 16.8 Å². The van der Waals surface area contributed by atoms with Crippen molar-refractivity contribution in [1.82, 2.24) is 9.55 Å². The van der Waals surface area contributed by atoms with E-state index >= 15 is 0 Å². The molecule has 0 atom stereocenters. The van der Waals surface area contributed by atoms with Crippen molar-refractivity contribution in [3.63, 3.8) is 0 Å². The summed E-state index contributed by atoms with van der Waals surface area (Å²) in [5.41, 5.74) is 0.766. The lowest BCUT2D eigenvalue weighted by molar-refractivity contribution is 0.538. The molecule has 1 aromatic carbocycles. The number of rotatable bonds is 8. The molecule has 2 aromatic rings. The Bertz CT molecular complexity index is 636. The molecule has 0 saturated carbocycles. The van der Waals surface area contributed by atoms with Crippen LogP contribution >= 0.6 is 11.6 Å². The molecule has 0 aliphatic heterocycles. The second-order valence-corrected chi connectivity index (χ2v) is 5.67. The number of fused-ring (bicyclic) bond motifs is 1. The van der Waals surface area contributed by atoms with Crippen molar-refractivity contribution >= 4 is 22.5 Å². The average Bonchev–Trinajstić information content (AvgIpc) is 2.52. The third kappa shape index (κ3) is 4.07. The summed E-state index contributed by atoms with van der Waals surface area (Å²) in [4.78, 5) is 17.1. The van der Waals surface area contributed by atoms with Gasteiger partial charge in [0.1, 0.15) is 5.82 Å². The van der Waals surface area contributed by atoms with E-state index in [2.05, 4.69) is 11.9 Å². The van der Waals surface area contributed by atoms with Crippen molar-refractivity contribution in [1.29, 1.82) is 0 Å². The fourth-order valence-electron chi connectivity index (χ4n) is 2.60. The molecule has 0 spiro atoms. The Balaban J connectivity index is 2.11. The second-order valence-electron chi connectivity index (χ2n) is 5.40. The first-order valence-electron chi connectivity index (χ1n) is 7.82. The molecular weight excluding hydrogens is 284 g/mol. The van der Waals surface area contributed by atoms with E-state index in [1.54, 1.807) is 4.57 Å². The van der Waals surface area contributed by atoms with E-state index in [1.165, 1.54) is 25.7 Å². The average molecular weight is 307 g/mol. The summed E-state index contributed by atoms with van der Waals surface area (Å²) in [6, 6.07) is 7.47. The van der Waals surface area contributed by atoms with Gasteiger partial charge in [0.15, 0.2) is 0 Å². The molecule has 2 rings (SSSR count). The zero-order valence-corrected chi connectivity index (χ0v) is 13.4. The largest absolute Gasteiger partial charge is 0.295 e. The topological polar surface area (TPSA) is 34.9 Å². The van der Waals surface area contributed by atoms with E-state index in [9.17, 15) is 4.79 Å². The van der Waals surface area contributed by atoms with Gasteiger partial charge in [-0.05, 0) is 18.6 Å². The van der Waals surface area contributed by atoms with Crippen molar-refractivity contribution in [2.45, 2.75) is 57.9 Å². The number of aromatic nitrogens is 2. The number of unbranched alkanes of at least 4 members (excludes halogenated alkanes) is 5. The summed E-state index contributed by atoms with van der Waals surface area (Å²) in [6.07, 6.45) is 7.23. The van der Waals surface area contributed by atoms with E-state index in [-0.39, 0.29) is 11.4 Å². The zero-order chi connectivity index (χ0) is 15.1. The van der Waals surface area contributed by atoms with Gasteiger partial charge in [-0.15, -0.1) is 11.6 Å². The highest BCUT2D eigenvalue weighted by molar-refractivity contribution is 6.16. The molecule has 0 amide bonds. The monoisotopic (exact) mass is 306 g/mol. The normalized spacial score (nSPS) is 11.1. The van der Waals surface area contributed by atoms with Crippen LogP contribution in [-0.4, -0.2) is 9.55 Å². The van der Waals surface area contributed by atoms with Crippen LogP contribution in [0.25, 0.3) is 10.9 Å². The third-order valence-corrected chi connectivity index (χ3v) is 4.03. The van der Waals surface area contributed by atoms with Crippen molar-refractivity contribution < 1.29 is 0 Å². The Hall–Kier alpha value is -1.35. The summed E-state index contributed by atoms with van der Waals surface area (Å²) >= 11 is 5.96. The van der Waals surface area contributed by atoms with E-state index in [0.717, 1.165) is 18.4 Å². The fourth-order valence-corrected chi connectivity index (χ4v) is 2.80. The van der Waals surface area contributed by atoms with Crippen LogP contribution in [0.15, 0.2) is 29.1 Å². The molecule has 1 aromatic heterocycles. The summed E-state index contributed by atoms with van der Waals surface area (Å²) in [6.45, 7) is 2.93. The van der Waals surface area contributed by atoms with Crippen LogP contribution in [0.3, 0.4) is 0 Å². The predicted molar refractivity (Wildman–Crippen MR) is 88.9 cm³/mol. The smallest absolute Gasteiger partial charge is 0.261 e. The minimum atomic E-state index is 0.0322. The number of hydrogen-bond acceptors (Lipinski definition) is 2. The van der Waals surface area contributed by atoms with E-state index in [4.69, 9.17) is 11.6 Å². The van der Waals surface area contributed by atoms with Gasteiger partial charge in [-0.1, -0.05) is 51.2 Å². The lowest BCUT2D eigenvalue weighted by Gasteiger charge is -2.11. The van der Waals surface area contributed by atoms with Crippen molar-refractivity contribution in [3.05, 3.63) is 40.4 Å². The van der Waals surface area contributed by atoms with Crippen LogP contribution in [0.4, 0.5) is 0 Å². The van der Waals surface area contributed by atoms with Gasteiger partial charge >= 0.3 is 0 Å². The van der Waals surface area contributed by atoms with Crippen LogP contribution in [0.5, 0.6) is 0 Å². The van der Waals surface area contributed by atoms with E-state index < -0.39 is 0 Å². The molecule has 0 fully saturated rings. The van der Waals surface area contributed by atoms with Crippen molar-refractivity contribution in [3.8, 4) is 0 Å². The molecule has 1 heterocycles. The Morgan fingerprint density at radius 1 is 1.10 bits per heavy atom. The summed E-state index contributed by atoms with van der Waals surface area (Å²) in [5, 5.41) is 0.678. The van der Waals surface area contributed by atoms with E-state index in [0.29, 0.717) is 17.8 Å². The number of para-hydroxylation sites is 1. The van der Waals surface area contributed by atoms with Crippen molar-refractivity contribution in [2.24, 2.45) is 0 Å². The molecule has 114 valence electrons. The van der Waals surface area contributed by atoms with Gasteiger partial charge in [-0.3, -0.25) is 9.36 Å². The molecule has 0 aliphatic rings. The molecule has 3 nitrogen and oxygen atoms in total. The quantitative estimate of drug-likeness (QED) is 0.532. The van der Waals surface area contributed by atoms with Crippen LogP contribution in [0.1, 0.15) is 51.3 Å². The molecule has 0 bridgehead atoms. The van der Waals surface area contributed by atoms with Crippen LogP contribution in [0, 0.1) is 0 Å². The maximum atomic E-state index is 12.5. The van der Waals surface area contributed by atoms with Gasteiger partial charge in [0.2, 0.25) is 0 Å². The fraction of sp³-hybridized carbons (Fsp3) is 0.529. The summed E-state index contributed by atoms with van der Waals surface area (Å²) in [5.74, 6) is 0.949. The SMILES string of the molecule is CCCCCCCCn1c(CCl)nc2ccccc2c1=O. The first-order valence-corrected chi connectivity index (χ1v) is 8.35. The molecule has 0 N–H and O–H groups in total. The highest BCUT2D eigenvalue weighted by Crippen LogP contribution is 2.11. The van der Waals surface area contributed by atoms with Gasteiger partial charge in [0.25, 0.3) is 5.56 Å². The van der Waals surface area contributed by atoms with E-state index in [1.807, 2.05) is 24.3 Å². The second kappa shape index (κ2) is 8.18. The molecule has 21 heavy (non-hydrogen) atoms. The van der Waals surface area contributed by atoms with Gasteiger partial charge in [0, 0.05) is 6.54 Å². The summed E-state index contributed by atoms with van der Waals surface area (Å²) in [7, 11) is 0. The zero-order valence-electron chi connectivity index (χ0n) is 12.6. The maximum Gasteiger partial charge on any atom is 0.261 e. The number of halogens is 1. The van der Waals surface area contributed by atoms with Gasteiger partial charge in [-0.2, -0.15) is 0 Å².